The van der Waals surface area contributed by atoms with E-state index in [0.29, 0.717) is 11.4 Å². The molecule has 4 rings (SSSR count). The summed E-state index contributed by atoms with van der Waals surface area (Å²) in [6.07, 6.45) is 4.16. The van der Waals surface area contributed by atoms with Crippen molar-refractivity contribution in [2.24, 2.45) is 17.6 Å². The van der Waals surface area contributed by atoms with Crippen molar-refractivity contribution in [3.05, 3.63) is 51.7 Å². The lowest BCUT2D eigenvalue weighted by molar-refractivity contribution is -0.151. The summed E-state index contributed by atoms with van der Waals surface area (Å²) < 4.78 is 0. The molecule has 3 atom stereocenters. The Bertz CT molecular complexity index is 1020. The van der Waals surface area contributed by atoms with Crippen molar-refractivity contribution in [1.29, 1.82) is 0 Å². The molecule has 10 heteroatoms. The van der Waals surface area contributed by atoms with Crippen LogP contribution in [0.5, 0.6) is 0 Å². The topological polar surface area (TPSA) is 127 Å². The highest BCUT2D eigenvalue weighted by atomic mass is 32.2. The van der Waals surface area contributed by atoms with Crippen LogP contribution in [0.25, 0.3) is 0 Å². The molecule has 3 N–H and O–H groups in total. The number of Topliss-reactive ketones (excluding diaryl/α,β-unsaturated/α-hetero) is 1. The molecule has 29 heavy (non-hydrogen) atoms. The van der Waals surface area contributed by atoms with Crippen molar-refractivity contribution >= 4 is 58.1 Å². The highest BCUT2D eigenvalue weighted by molar-refractivity contribution is 8.02. The number of amides is 3. The maximum Gasteiger partial charge on any atom is 0.257 e. The number of piperidine rings is 1. The van der Waals surface area contributed by atoms with Crippen LogP contribution in [0.15, 0.2) is 51.7 Å². The quantitative estimate of drug-likeness (QED) is 0.683. The fourth-order valence-corrected chi connectivity index (χ4v) is 5.02. The molecule has 0 aromatic carbocycles. The minimum Gasteiger partial charge on any atom is -0.369 e. The first-order chi connectivity index (χ1) is 13.9. The Hall–Kier alpha value is -2.98. The van der Waals surface area contributed by atoms with E-state index in [1.165, 1.54) is 34.1 Å². The van der Waals surface area contributed by atoms with Crippen molar-refractivity contribution in [3.63, 3.8) is 0 Å². The van der Waals surface area contributed by atoms with Gasteiger partial charge in [-0.1, -0.05) is 6.08 Å². The molecule has 1 aliphatic carbocycles. The van der Waals surface area contributed by atoms with Gasteiger partial charge in [-0.15, -0.1) is 11.8 Å². The van der Waals surface area contributed by atoms with Gasteiger partial charge in [-0.25, -0.2) is 0 Å². The van der Waals surface area contributed by atoms with Gasteiger partial charge in [0.15, 0.2) is 17.5 Å². The van der Waals surface area contributed by atoms with Crippen LogP contribution >= 0.6 is 23.1 Å². The van der Waals surface area contributed by atoms with Crippen LogP contribution in [0.4, 0.5) is 5.69 Å². The summed E-state index contributed by atoms with van der Waals surface area (Å²) >= 11 is 2.83. The van der Waals surface area contributed by atoms with Gasteiger partial charge >= 0.3 is 0 Å². The number of carbonyl (C=O) groups is 5. The number of hydrogen-bond acceptors (Lipinski definition) is 7. The van der Waals surface area contributed by atoms with Gasteiger partial charge < -0.3 is 16.0 Å². The van der Waals surface area contributed by atoms with Crippen molar-refractivity contribution in [2.45, 2.75) is 6.04 Å². The average Bonchev–Trinajstić information content (AvgIpc) is 3.35. The largest absolute Gasteiger partial charge is 0.369 e. The summed E-state index contributed by atoms with van der Waals surface area (Å²) in [6, 6.07) is 1.21. The fraction of sp³-hybridized carbons (Fsp3) is 0.211. The summed E-state index contributed by atoms with van der Waals surface area (Å²) in [5.74, 6) is -6.64. The molecule has 0 radical (unpaired) electrons. The molecule has 3 amide bonds. The zero-order valence-electron chi connectivity index (χ0n) is 14.9. The number of thioether (sulfide) groups is 1. The minimum atomic E-state index is -1.75. The Morgan fingerprint density at radius 1 is 1.21 bits per heavy atom. The second kappa shape index (κ2) is 7.45. The molecule has 3 aliphatic rings. The molecule has 1 aromatic heterocycles. The van der Waals surface area contributed by atoms with E-state index in [9.17, 15) is 24.0 Å². The fourth-order valence-electron chi connectivity index (χ4n) is 3.57. The summed E-state index contributed by atoms with van der Waals surface area (Å²) in [6.45, 7) is 0. The third-order valence-corrected chi connectivity index (χ3v) is 6.43. The second-order valence-electron chi connectivity index (χ2n) is 6.61. The monoisotopic (exact) mass is 429 g/mol. The molecule has 0 saturated carbocycles. The lowest BCUT2D eigenvalue weighted by atomic mass is 9.76. The van der Waals surface area contributed by atoms with E-state index >= 15 is 0 Å². The number of likely N-dealkylation sites (tertiary alicyclic amines) is 1. The smallest absolute Gasteiger partial charge is 0.257 e. The molecule has 3 unspecified atom stereocenters. The molecule has 3 heterocycles. The number of carbonyl (C=O) groups excluding carboxylic acids is 5. The van der Waals surface area contributed by atoms with Gasteiger partial charge in [0.25, 0.3) is 5.91 Å². The van der Waals surface area contributed by atoms with E-state index in [4.69, 9.17) is 5.73 Å². The Balaban J connectivity index is 1.85. The highest BCUT2D eigenvalue weighted by Gasteiger charge is 2.53. The number of fused-ring (bicyclic) bond motifs is 1. The van der Waals surface area contributed by atoms with Gasteiger partial charge in [0.2, 0.25) is 11.8 Å². The summed E-state index contributed by atoms with van der Waals surface area (Å²) in [5, 5.41) is 8.00. The van der Waals surface area contributed by atoms with Crippen LogP contribution in [0.3, 0.4) is 0 Å². The number of thiophene rings is 1. The molecule has 0 bridgehead atoms. The van der Waals surface area contributed by atoms with Gasteiger partial charge in [-0.2, -0.15) is 11.3 Å². The second-order valence-corrected chi connectivity index (χ2v) is 8.33. The van der Waals surface area contributed by atoms with Crippen LogP contribution < -0.4 is 11.1 Å². The number of hydrogen-bond donors (Lipinski definition) is 2. The molecule has 148 valence electrons. The predicted octanol–water partition coefficient (Wildman–Crippen LogP) is 0.838. The maximum absolute atomic E-state index is 13.1. The number of nitrogens with zero attached hydrogens (tertiary/aromatic N) is 1. The SMILES string of the molecule is NC(=O)C1C(=O)C2C(=O)C=CC(C(=O)Nc3ccsc3)=C2N(C2C=CSC2)C1=O. The van der Waals surface area contributed by atoms with Crippen LogP contribution in [0, 0.1) is 11.8 Å². The van der Waals surface area contributed by atoms with Gasteiger partial charge in [0, 0.05) is 11.1 Å². The zero-order chi connectivity index (χ0) is 20.7. The van der Waals surface area contributed by atoms with E-state index in [-0.39, 0.29) is 11.3 Å². The number of primary amides is 1. The number of ketones is 2. The normalized spacial score (nSPS) is 26.1. The third-order valence-electron chi connectivity index (χ3n) is 4.86. The molecular formula is C19H15N3O5S2. The maximum atomic E-state index is 13.1. The molecular weight excluding hydrogens is 414 g/mol. The Morgan fingerprint density at radius 3 is 2.62 bits per heavy atom. The molecule has 0 spiro atoms. The summed E-state index contributed by atoms with van der Waals surface area (Å²) in [4.78, 5) is 64.5. The Kier molecular flexibility index (Phi) is 4.97. The lowest BCUT2D eigenvalue weighted by Gasteiger charge is -2.41. The molecule has 1 aromatic rings. The third kappa shape index (κ3) is 3.23. The summed E-state index contributed by atoms with van der Waals surface area (Å²) in [5.41, 5.74) is 5.91. The first kappa shape index (κ1) is 19.3. The van der Waals surface area contributed by atoms with Crippen LogP contribution in [0.1, 0.15) is 0 Å². The van der Waals surface area contributed by atoms with E-state index in [1.807, 2.05) is 0 Å². The van der Waals surface area contributed by atoms with Crippen LogP contribution in [0.2, 0.25) is 0 Å². The molecule has 2 aliphatic heterocycles. The van der Waals surface area contributed by atoms with Crippen molar-refractivity contribution in [3.8, 4) is 0 Å². The van der Waals surface area contributed by atoms with Crippen molar-refractivity contribution in [1.82, 2.24) is 4.90 Å². The van der Waals surface area contributed by atoms with E-state index in [0.717, 1.165) is 6.08 Å². The first-order valence-electron chi connectivity index (χ1n) is 8.64. The van der Waals surface area contributed by atoms with Crippen molar-refractivity contribution < 1.29 is 24.0 Å². The number of nitrogens with two attached hydrogens (primary N) is 1. The van der Waals surface area contributed by atoms with E-state index < -0.39 is 47.2 Å². The van der Waals surface area contributed by atoms with Crippen molar-refractivity contribution in [2.75, 3.05) is 11.1 Å². The van der Waals surface area contributed by atoms with Gasteiger partial charge in [0.05, 0.1) is 23.0 Å². The molecule has 1 fully saturated rings. The molecule has 1 saturated heterocycles. The number of anilines is 1. The van der Waals surface area contributed by atoms with E-state index in [2.05, 4.69) is 5.32 Å². The minimum absolute atomic E-state index is 0.00915. The van der Waals surface area contributed by atoms with Crippen LogP contribution in [-0.2, 0) is 24.0 Å². The Labute approximate surface area is 173 Å². The lowest BCUT2D eigenvalue weighted by Crippen LogP contribution is -2.59. The van der Waals surface area contributed by atoms with E-state index in [1.54, 1.807) is 28.3 Å². The number of nitrogens with one attached hydrogen (secondary N) is 1. The van der Waals surface area contributed by atoms with Gasteiger partial charge in [-0.3, -0.25) is 24.0 Å². The number of rotatable bonds is 4. The summed E-state index contributed by atoms with van der Waals surface area (Å²) in [7, 11) is 0. The highest BCUT2D eigenvalue weighted by Crippen LogP contribution is 2.39. The molecule has 8 nitrogen and oxygen atoms in total. The van der Waals surface area contributed by atoms with Gasteiger partial charge in [0.1, 0.15) is 5.92 Å². The number of allylic oxidation sites excluding steroid dienone is 2. The predicted molar refractivity (Wildman–Crippen MR) is 108 cm³/mol. The van der Waals surface area contributed by atoms with Crippen LogP contribution in [-0.4, -0.2) is 46.0 Å². The average molecular weight is 429 g/mol. The van der Waals surface area contributed by atoms with Gasteiger partial charge in [-0.05, 0) is 29.0 Å². The first-order valence-corrected chi connectivity index (χ1v) is 10.6. The zero-order valence-corrected chi connectivity index (χ0v) is 16.5. The standard InChI is InChI=1S/C19H15N3O5S2/c20-17(25)14-16(24)13-12(23)2-1-11(18(26)21-9-3-5-28-7-9)15(13)22(19(14)27)10-4-6-29-8-10/h1-7,10,13-14H,8H2,(H2,20,25)(H,21,26). The Morgan fingerprint density at radius 2 is 2.00 bits per heavy atom.